The Morgan fingerprint density at radius 2 is 1.86 bits per heavy atom. The molecule has 0 aliphatic rings. The first-order valence-corrected chi connectivity index (χ1v) is 11.0. The molecule has 3 nitrogen and oxygen atoms in total. The van der Waals surface area contributed by atoms with Crippen LogP contribution in [0.1, 0.15) is 34.1 Å². The van der Waals surface area contributed by atoms with Crippen LogP contribution in [0.2, 0.25) is 18.1 Å². The van der Waals surface area contributed by atoms with Crippen LogP contribution in [0.4, 0.5) is 0 Å². The van der Waals surface area contributed by atoms with Crippen molar-refractivity contribution in [2.24, 2.45) is 0 Å². The minimum atomic E-state index is -1.90. The van der Waals surface area contributed by atoms with Gasteiger partial charge in [-0.3, -0.25) is 0 Å². The largest absolute Gasteiger partial charge is 0.532 e. The van der Waals surface area contributed by atoms with E-state index in [0.29, 0.717) is 6.54 Å². The van der Waals surface area contributed by atoms with Gasteiger partial charge in [0.25, 0.3) is 8.32 Å². The fourth-order valence-electron chi connectivity index (χ4n) is 2.21. The maximum absolute atomic E-state index is 10.1. The maximum atomic E-state index is 10.1. The second-order valence-electron chi connectivity index (χ2n) is 7.58. The van der Waals surface area contributed by atoms with Crippen molar-refractivity contribution in [3.05, 3.63) is 30.3 Å². The Hall–Kier alpha value is -1.26. The molecule has 0 aliphatic carbocycles. The number of para-hydroxylation sites is 1. The second kappa shape index (κ2) is 6.09. The van der Waals surface area contributed by atoms with Crippen molar-refractivity contribution in [1.29, 1.82) is 0 Å². The first-order valence-electron chi connectivity index (χ1n) is 8.11. The number of aliphatic hydroxyl groups is 1. The van der Waals surface area contributed by atoms with E-state index in [-0.39, 0.29) is 11.1 Å². The summed E-state index contributed by atoms with van der Waals surface area (Å²) >= 11 is 0. The van der Waals surface area contributed by atoms with Gasteiger partial charge in [0.2, 0.25) is 0 Å². The molecule has 0 unspecified atom stereocenters. The van der Waals surface area contributed by atoms with Crippen molar-refractivity contribution in [3.63, 3.8) is 0 Å². The Morgan fingerprint density at radius 1 is 1.23 bits per heavy atom. The number of nitrogens with zero attached hydrogens (tertiary/aromatic N) is 1. The predicted molar refractivity (Wildman–Crippen MR) is 96.1 cm³/mol. The lowest BCUT2D eigenvalue weighted by atomic mass is 10.2. The zero-order valence-corrected chi connectivity index (χ0v) is 15.7. The van der Waals surface area contributed by atoms with E-state index in [1.165, 1.54) is 5.39 Å². The van der Waals surface area contributed by atoms with E-state index in [4.69, 9.17) is 4.43 Å². The van der Waals surface area contributed by atoms with Crippen LogP contribution in [-0.2, 0) is 6.54 Å². The molecule has 1 aromatic carbocycles. The third-order valence-corrected chi connectivity index (χ3v) is 9.13. The molecule has 122 valence electrons. The molecule has 0 radical (unpaired) electrons. The number of fused-ring (bicyclic) bond motifs is 1. The van der Waals surface area contributed by atoms with Gasteiger partial charge in [-0.1, -0.05) is 45.9 Å². The second-order valence-corrected chi connectivity index (χ2v) is 12.3. The van der Waals surface area contributed by atoms with Crippen molar-refractivity contribution < 1.29 is 9.53 Å². The molecular weight excluding hydrogens is 290 g/mol. The van der Waals surface area contributed by atoms with Gasteiger partial charge in [-0.05, 0) is 30.6 Å². The van der Waals surface area contributed by atoms with E-state index in [2.05, 4.69) is 56.6 Å². The SMILES string of the molecule is CC[C@H](O)Cn1c(O[Si](C)(C)C(C)(C)C)cc2ccccc21. The number of hydrogen-bond donors (Lipinski definition) is 1. The molecule has 1 heterocycles. The number of aliphatic hydroxyl groups excluding tert-OH is 1. The van der Waals surface area contributed by atoms with Crippen molar-refractivity contribution in [1.82, 2.24) is 4.57 Å². The predicted octanol–water partition coefficient (Wildman–Crippen LogP) is 4.80. The van der Waals surface area contributed by atoms with E-state index >= 15 is 0 Å². The molecule has 0 saturated carbocycles. The van der Waals surface area contributed by atoms with E-state index in [1.54, 1.807) is 0 Å². The molecule has 0 spiro atoms. The first kappa shape index (κ1) is 17.1. The molecule has 0 saturated heterocycles. The Labute approximate surface area is 135 Å². The lowest BCUT2D eigenvalue weighted by Crippen LogP contribution is -2.44. The lowest BCUT2D eigenvalue weighted by Gasteiger charge is -2.36. The van der Waals surface area contributed by atoms with Gasteiger partial charge < -0.3 is 14.1 Å². The summed E-state index contributed by atoms with van der Waals surface area (Å²) < 4.78 is 8.65. The van der Waals surface area contributed by atoms with Crippen molar-refractivity contribution in [3.8, 4) is 5.88 Å². The summed E-state index contributed by atoms with van der Waals surface area (Å²) in [5.41, 5.74) is 1.13. The average molecular weight is 320 g/mol. The molecule has 1 aromatic heterocycles. The van der Waals surface area contributed by atoms with Gasteiger partial charge >= 0.3 is 0 Å². The summed E-state index contributed by atoms with van der Waals surface area (Å²) in [5.74, 6) is 0.889. The number of hydrogen-bond acceptors (Lipinski definition) is 2. The average Bonchev–Trinajstić information content (AvgIpc) is 2.75. The van der Waals surface area contributed by atoms with Gasteiger partial charge in [0, 0.05) is 11.5 Å². The van der Waals surface area contributed by atoms with Crippen LogP contribution in [0.15, 0.2) is 30.3 Å². The standard InChI is InChI=1S/C18H29NO2Si/c1-7-15(20)13-19-16-11-9-8-10-14(16)12-17(19)21-22(5,6)18(2,3)4/h8-12,15,20H,7,13H2,1-6H3/t15-/m0/s1. The molecule has 1 atom stereocenters. The van der Waals surface area contributed by atoms with Crippen LogP contribution < -0.4 is 4.43 Å². The van der Waals surface area contributed by atoms with Crippen LogP contribution in [0, 0.1) is 0 Å². The van der Waals surface area contributed by atoms with Crippen molar-refractivity contribution >= 4 is 19.2 Å². The highest BCUT2D eigenvalue weighted by molar-refractivity contribution is 6.74. The van der Waals surface area contributed by atoms with E-state index in [1.807, 2.05) is 19.1 Å². The highest BCUT2D eigenvalue weighted by atomic mass is 28.4. The molecule has 0 bridgehead atoms. The van der Waals surface area contributed by atoms with Crippen LogP contribution in [0.3, 0.4) is 0 Å². The molecule has 0 amide bonds. The van der Waals surface area contributed by atoms with Gasteiger partial charge in [-0.15, -0.1) is 0 Å². The topological polar surface area (TPSA) is 34.4 Å². The van der Waals surface area contributed by atoms with Gasteiger partial charge in [0.15, 0.2) is 5.88 Å². The monoisotopic (exact) mass is 319 g/mol. The molecule has 1 N–H and O–H groups in total. The Kier molecular flexibility index (Phi) is 4.73. The Bertz CT molecular complexity index is 640. The van der Waals surface area contributed by atoms with Gasteiger partial charge in [0.1, 0.15) is 0 Å². The summed E-state index contributed by atoms with van der Waals surface area (Å²) in [6.45, 7) is 13.8. The zero-order chi connectivity index (χ0) is 16.5. The summed E-state index contributed by atoms with van der Waals surface area (Å²) in [6, 6.07) is 10.4. The molecule has 22 heavy (non-hydrogen) atoms. The summed E-state index contributed by atoms with van der Waals surface area (Å²) in [5, 5.41) is 11.4. The molecule has 0 aliphatic heterocycles. The van der Waals surface area contributed by atoms with Crippen LogP contribution in [0.25, 0.3) is 10.9 Å². The fourth-order valence-corrected chi connectivity index (χ4v) is 3.21. The minimum absolute atomic E-state index is 0.150. The summed E-state index contributed by atoms with van der Waals surface area (Å²) in [7, 11) is -1.90. The smallest absolute Gasteiger partial charge is 0.252 e. The third-order valence-electron chi connectivity index (χ3n) is 4.80. The van der Waals surface area contributed by atoms with Gasteiger partial charge in [-0.2, -0.15) is 0 Å². The minimum Gasteiger partial charge on any atom is -0.532 e. The maximum Gasteiger partial charge on any atom is 0.252 e. The molecule has 2 rings (SSSR count). The number of rotatable bonds is 5. The highest BCUT2D eigenvalue weighted by Crippen LogP contribution is 2.38. The normalized spacial score (nSPS) is 14.3. The van der Waals surface area contributed by atoms with Gasteiger partial charge in [-0.25, -0.2) is 0 Å². The lowest BCUT2D eigenvalue weighted by molar-refractivity contribution is 0.149. The van der Waals surface area contributed by atoms with Crippen LogP contribution >= 0.6 is 0 Å². The Morgan fingerprint density at radius 3 is 2.45 bits per heavy atom. The van der Waals surface area contributed by atoms with Crippen LogP contribution in [-0.4, -0.2) is 24.1 Å². The quantitative estimate of drug-likeness (QED) is 0.804. The zero-order valence-electron chi connectivity index (χ0n) is 14.7. The molecule has 0 fully saturated rings. The van der Waals surface area contributed by atoms with Crippen LogP contribution in [0.5, 0.6) is 5.88 Å². The van der Waals surface area contributed by atoms with Crippen molar-refractivity contribution in [2.45, 2.75) is 64.9 Å². The number of aromatic nitrogens is 1. The molecule has 4 heteroatoms. The van der Waals surface area contributed by atoms with E-state index < -0.39 is 8.32 Å². The first-order chi connectivity index (χ1) is 10.2. The Balaban J connectivity index is 2.46. The van der Waals surface area contributed by atoms with Crippen molar-refractivity contribution in [2.75, 3.05) is 0 Å². The fraction of sp³-hybridized carbons (Fsp3) is 0.556. The summed E-state index contributed by atoms with van der Waals surface area (Å²) in [6.07, 6.45) is 0.393. The highest BCUT2D eigenvalue weighted by Gasteiger charge is 2.39. The van der Waals surface area contributed by atoms with E-state index in [0.717, 1.165) is 17.8 Å². The molecular formula is C18H29NO2Si. The number of benzene rings is 1. The third kappa shape index (κ3) is 3.38. The van der Waals surface area contributed by atoms with Gasteiger partial charge in [0.05, 0.1) is 18.2 Å². The molecule has 2 aromatic rings. The summed E-state index contributed by atoms with van der Waals surface area (Å²) in [4.78, 5) is 0. The van der Waals surface area contributed by atoms with E-state index in [9.17, 15) is 5.11 Å².